The summed E-state index contributed by atoms with van der Waals surface area (Å²) in [7, 11) is 5.48. The van der Waals surface area contributed by atoms with Gasteiger partial charge in [-0.1, -0.05) is 0 Å². The molecule has 0 amide bonds. The van der Waals surface area contributed by atoms with Crippen molar-refractivity contribution in [3.63, 3.8) is 0 Å². The highest BCUT2D eigenvalue weighted by molar-refractivity contribution is 14.0. The Morgan fingerprint density at radius 3 is 2.33 bits per heavy atom. The summed E-state index contributed by atoms with van der Waals surface area (Å²) >= 11 is 0. The van der Waals surface area contributed by atoms with E-state index in [2.05, 4.69) is 42.4 Å². The molecule has 27 heavy (non-hydrogen) atoms. The van der Waals surface area contributed by atoms with Gasteiger partial charge in [-0.25, -0.2) is 0 Å². The third-order valence-corrected chi connectivity index (χ3v) is 4.82. The molecule has 1 aliphatic heterocycles. The number of aromatic nitrogens is 3. The summed E-state index contributed by atoms with van der Waals surface area (Å²) in [6, 6.07) is 8.23. The minimum atomic E-state index is 0. The molecule has 0 saturated carbocycles. The topological polar surface area (TPSA) is 70.8 Å². The molecule has 0 atom stereocenters. The van der Waals surface area contributed by atoms with Gasteiger partial charge in [-0.3, -0.25) is 4.99 Å². The molecule has 0 radical (unpaired) electrons. The number of aryl methyl sites for hydroxylation is 1. The van der Waals surface area contributed by atoms with Crippen LogP contribution in [0.2, 0.25) is 0 Å². The van der Waals surface area contributed by atoms with E-state index in [0.717, 1.165) is 49.5 Å². The molecule has 1 saturated heterocycles. The number of nitrogens with zero attached hydrogens (tertiary/aromatic N) is 6. The maximum Gasteiger partial charge on any atom is 0.194 e. The van der Waals surface area contributed by atoms with Gasteiger partial charge in [0.1, 0.15) is 11.6 Å². The molecule has 148 valence electrons. The van der Waals surface area contributed by atoms with Crippen LogP contribution in [0.25, 0.3) is 0 Å². The zero-order valence-electron chi connectivity index (χ0n) is 16.3. The fraction of sp³-hybridized carbons (Fsp3) is 0.500. The van der Waals surface area contributed by atoms with Crippen LogP contribution < -0.4 is 15.0 Å². The summed E-state index contributed by atoms with van der Waals surface area (Å²) in [5.74, 6) is 3.60. The van der Waals surface area contributed by atoms with Gasteiger partial charge in [-0.15, -0.1) is 34.2 Å². The summed E-state index contributed by atoms with van der Waals surface area (Å²) in [6.07, 6.45) is 0. The Balaban J connectivity index is 0.00000261. The van der Waals surface area contributed by atoms with Crippen LogP contribution in [0.1, 0.15) is 11.6 Å². The number of ether oxygens (including phenoxy) is 1. The Kier molecular flexibility index (Phi) is 7.69. The molecule has 3 rings (SSSR count). The molecule has 9 heteroatoms. The second-order valence-corrected chi connectivity index (χ2v) is 6.30. The monoisotopic (exact) mass is 485 g/mol. The van der Waals surface area contributed by atoms with Gasteiger partial charge < -0.3 is 24.4 Å². The summed E-state index contributed by atoms with van der Waals surface area (Å²) < 4.78 is 7.22. The first-order valence-corrected chi connectivity index (χ1v) is 8.82. The number of anilines is 1. The first-order valence-electron chi connectivity index (χ1n) is 8.82. The van der Waals surface area contributed by atoms with Crippen molar-refractivity contribution < 1.29 is 4.74 Å². The smallest absolute Gasteiger partial charge is 0.194 e. The van der Waals surface area contributed by atoms with E-state index in [9.17, 15) is 0 Å². The molecule has 2 heterocycles. The molecule has 2 aromatic rings. The molecule has 1 N–H and O–H groups in total. The van der Waals surface area contributed by atoms with E-state index in [0.29, 0.717) is 6.54 Å². The number of rotatable bonds is 4. The van der Waals surface area contributed by atoms with E-state index < -0.39 is 0 Å². The van der Waals surface area contributed by atoms with Crippen LogP contribution in [0.5, 0.6) is 5.75 Å². The maximum absolute atomic E-state index is 5.23. The lowest BCUT2D eigenvalue weighted by atomic mass is 10.2. The predicted octanol–water partition coefficient (Wildman–Crippen LogP) is 1.65. The summed E-state index contributed by atoms with van der Waals surface area (Å²) in [6.45, 7) is 6.31. The molecule has 0 bridgehead atoms. The minimum Gasteiger partial charge on any atom is -0.497 e. The molecule has 1 aromatic heterocycles. The van der Waals surface area contributed by atoms with Crippen molar-refractivity contribution in [2.24, 2.45) is 12.0 Å². The lowest BCUT2D eigenvalue weighted by Crippen LogP contribution is -2.52. The molecule has 1 aromatic carbocycles. The van der Waals surface area contributed by atoms with Gasteiger partial charge in [0, 0.05) is 46.0 Å². The quantitative estimate of drug-likeness (QED) is 0.404. The minimum absolute atomic E-state index is 0. The average Bonchev–Trinajstić information content (AvgIpc) is 3.01. The number of hydrogen-bond acceptors (Lipinski definition) is 5. The number of benzene rings is 1. The van der Waals surface area contributed by atoms with Crippen LogP contribution in [-0.2, 0) is 13.6 Å². The number of aliphatic imine (C=N–C) groups is 1. The van der Waals surface area contributed by atoms with E-state index >= 15 is 0 Å². The van der Waals surface area contributed by atoms with Crippen molar-refractivity contribution in [2.45, 2.75) is 13.5 Å². The van der Waals surface area contributed by atoms with Crippen molar-refractivity contribution in [2.75, 3.05) is 45.2 Å². The Morgan fingerprint density at radius 1 is 1.15 bits per heavy atom. The lowest BCUT2D eigenvalue weighted by Gasteiger charge is -2.37. The first-order chi connectivity index (χ1) is 12.6. The molecular formula is C18H28IN7O. The van der Waals surface area contributed by atoms with Crippen LogP contribution in [0.4, 0.5) is 5.69 Å². The molecule has 0 spiro atoms. The van der Waals surface area contributed by atoms with Crippen molar-refractivity contribution in [1.29, 1.82) is 0 Å². The standard InChI is InChI=1S/C18H27N7O.HI/c1-14-21-22-17(23(14)3)13-20-18(19-2)25-11-9-24(10-12-25)15-5-7-16(26-4)8-6-15;/h5-8H,9-13H2,1-4H3,(H,19,20);1H. The third-order valence-electron chi connectivity index (χ3n) is 4.82. The number of guanidine groups is 1. The molecular weight excluding hydrogens is 457 g/mol. The van der Waals surface area contributed by atoms with E-state index in [4.69, 9.17) is 4.74 Å². The molecule has 0 unspecified atom stereocenters. The van der Waals surface area contributed by atoms with Gasteiger partial charge in [-0.05, 0) is 31.2 Å². The van der Waals surface area contributed by atoms with Gasteiger partial charge in [-0.2, -0.15) is 0 Å². The Hall–Kier alpha value is -2.04. The molecule has 8 nitrogen and oxygen atoms in total. The molecule has 0 aliphatic carbocycles. The Labute approximate surface area is 177 Å². The second-order valence-electron chi connectivity index (χ2n) is 6.30. The third kappa shape index (κ3) is 5.02. The predicted molar refractivity (Wildman–Crippen MR) is 118 cm³/mol. The van der Waals surface area contributed by atoms with Gasteiger partial charge in [0.15, 0.2) is 11.8 Å². The second kappa shape index (κ2) is 9.77. The van der Waals surface area contributed by atoms with Crippen LogP contribution in [0, 0.1) is 6.92 Å². The van der Waals surface area contributed by atoms with Crippen LogP contribution >= 0.6 is 24.0 Å². The largest absolute Gasteiger partial charge is 0.497 e. The Bertz CT molecular complexity index is 752. The van der Waals surface area contributed by atoms with Gasteiger partial charge >= 0.3 is 0 Å². The van der Waals surface area contributed by atoms with E-state index in [1.807, 2.05) is 37.7 Å². The van der Waals surface area contributed by atoms with Crippen molar-refractivity contribution in [3.05, 3.63) is 35.9 Å². The zero-order valence-corrected chi connectivity index (χ0v) is 18.7. The fourth-order valence-electron chi connectivity index (χ4n) is 3.06. The summed E-state index contributed by atoms with van der Waals surface area (Å²) in [5, 5.41) is 11.7. The van der Waals surface area contributed by atoms with Crippen LogP contribution in [-0.4, -0.2) is 66.0 Å². The first kappa shape index (κ1) is 21.3. The van der Waals surface area contributed by atoms with Crippen molar-refractivity contribution >= 4 is 35.6 Å². The van der Waals surface area contributed by atoms with Gasteiger partial charge in [0.25, 0.3) is 0 Å². The maximum atomic E-state index is 5.23. The fourth-order valence-corrected chi connectivity index (χ4v) is 3.06. The number of piperazine rings is 1. The lowest BCUT2D eigenvalue weighted by molar-refractivity contribution is 0.371. The van der Waals surface area contributed by atoms with Gasteiger partial charge in [0.2, 0.25) is 0 Å². The van der Waals surface area contributed by atoms with Gasteiger partial charge in [0.05, 0.1) is 13.7 Å². The number of halogens is 1. The van der Waals surface area contributed by atoms with Crippen molar-refractivity contribution in [1.82, 2.24) is 25.0 Å². The van der Waals surface area contributed by atoms with E-state index in [-0.39, 0.29) is 24.0 Å². The molecule has 1 fully saturated rings. The highest BCUT2D eigenvalue weighted by Crippen LogP contribution is 2.20. The van der Waals surface area contributed by atoms with Crippen LogP contribution in [0.15, 0.2) is 29.3 Å². The van der Waals surface area contributed by atoms with Crippen LogP contribution in [0.3, 0.4) is 0 Å². The van der Waals surface area contributed by atoms with Crippen molar-refractivity contribution in [3.8, 4) is 5.75 Å². The summed E-state index contributed by atoms with van der Waals surface area (Å²) in [5.41, 5.74) is 1.22. The Morgan fingerprint density at radius 2 is 1.81 bits per heavy atom. The number of methoxy groups -OCH3 is 1. The number of hydrogen-bond donors (Lipinski definition) is 1. The average molecular weight is 485 g/mol. The van der Waals surface area contributed by atoms with E-state index in [1.165, 1.54) is 5.69 Å². The highest BCUT2D eigenvalue weighted by atomic mass is 127. The SMILES string of the molecule is CN=C(NCc1nnc(C)n1C)N1CCN(c2ccc(OC)cc2)CC1.I. The summed E-state index contributed by atoms with van der Waals surface area (Å²) in [4.78, 5) is 9.09. The van der Waals surface area contributed by atoms with E-state index in [1.54, 1.807) is 7.11 Å². The highest BCUT2D eigenvalue weighted by Gasteiger charge is 2.20. The normalized spacial score (nSPS) is 14.7. The molecule has 1 aliphatic rings. The number of nitrogens with one attached hydrogen (secondary N) is 1. The zero-order chi connectivity index (χ0) is 18.5.